The molecule has 2 amide bonds. The van der Waals surface area contributed by atoms with Gasteiger partial charge in [0, 0.05) is 12.1 Å². The number of ether oxygens (including phenoxy) is 1. The molecule has 0 saturated heterocycles. The van der Waals surface area contributed by atoms with E-state index in [1.54, 1.807) is 37.3 Å². The van der Waals surface area contributed by atoms with Gasteiger partial charge in [0.1, 0.15) is 18.3 Å². The summed E-state index contributed by atoms with van der Waals surface area (Å²) in [6.07, 6.45) is 0. The first-order chi connectivity index (χ1) is 19.1. The zero-order valence-electron chi connectivity index (χ0n) is 24.6. The van der Waals surface area contributed by atoms with Gasteiger partial charge >= 0.3 is 0 Å². The van der Waals surface area contributed by atoms with E-state index in [1.807, 2.05) is 58.9 Å². The Bertz CT molecular complexity index is 1480. The zero-order chi connectivity index (χ0) is 30.5. The van der Waals surface area contributed by atoms with Crippen LogP contribution in [0.1, 0.15) is 44.4 Å². The Morgan fingerprint density at radius 2 is 1.51 bits per heavy atom. The third kappa shape index (κ3) is 8.33. The standard InChI is InChI=1S/C31H38BrN3O5S/c1-21-8-12-24(13-9-21)19-34(23(3)30(37)33-31(4,5)6)29(36)20-35(25-14-10-22(2)11-15-25)41(38,39)26-16-17-28(40-7)27(32)18-26/h8-18,23H,19-20H2,1-7H3,(H,33,37)/t23-/m0/s1. The van der Waals surface area contributed by atoms with E-state index in [9.17, 15) is 18.0 Å². The van der Waals surface area contributed by atoms with Crippen LogP contribution in [0.2, 0.25) is 0 Å². The molecule has 0 radical (unpaired) electrons. The molecule has 0 aliphatic heterocycles. The molecule has 8 nitrogen and oxygen atoms in total. The van der Waals surface area contributed by atoms with Crippen LogP contribution < -0.4 is 14.4 Å². The number of hydrogen-bond donors (Lipinski definition) is 1. The minimum Gasteiger partial charge on any atom is -0.496 e. The summed E-state index contributed by atoms with van der Waals surface area (Å²) < 4.78 is 34.9. The van der Waals surface area contributed by atoms with Crippen LogP contribution in [-0.4, -0.2) is 50.4 Å². The largest absolute Gasteiger partial charge is 0.496 e. The topological polar surface area (TPSA) is 96.0 Å². The van der Waals surface area contributed by atoms with Crippen molar-refractivity contribution in [2.75, 3.05) is 18.0 Å². The Balaban J connectivity index is 2.05. The Morgan fingerprint density at radius 3 is 2.02 bits per heavy atom. The van der Waals surface area contributed by atoms with Gasteiger partial charge in [-0.25, -0.2) is 8.42 Å². The van der Waals surface area contributed by atoms with E-state index in [0.717, 1.165) is 21.0 Å². The van der Waals surface area contributed by atoms with Gasteiger partial charge in [0.2, 0.25) is 11.8 Å². The first kappa shape index (κ1) is 32.1. The van der Waals surface area contributed by atoms with Crippen molar-refractivity contribution in [1.82, 2.24) is 10.2 Å². The molecule has 0 saturated carbocycles. The summed E-state index contributed by atoms with van der Waals surface area (Å²) in [5.41, 5.74) is 2.65. The van der Waals surface area contributed by atoms with Crippen molar-refractivity contribution in [3.05, 3.63) is 87.9 Å². The Labute approximate surface area is 251 Å². The summed E-state index contributed by atoms with van der Waals surface area (Å²) in [6, 6.07) is 18.1. The summed E-state index contributed by atoms with van der Waals surface area (Å²) in [5, 5.41) is 2.93. The van der Waals surface area contributed by atoms with Crippen LogP contribution in [0.5, 0.6) is 5.75 Å². The van der Waals surface area contributed by atoms with Crippen LogP contribution in [0, 0.1) is 13.8 Å². The minimum absolute atomic E-state index is 0.0119. The molecule has 1 atom stereocenters. The van der Waals surface area contributed by atoms with Gasteiger partial charge in [-0.3, -0.25) is 13.9 Å². The van der Waals surface area contributed by atoms with Crippen molar-refractivity contribution in [3.8, 4) is 5.75 Å². The van der Waals surface area contributed by atoms with E-state index in [0.29, 0.717) is 15.9 Å². The molecule has 220 valence electrons. The molecular formula is C31H38BrN3O5S. The van der Waals surface area contributed by atoms with Gasteiger partial charge in [-0.15, -0.1) is 0 Å². The molecule has 0 heterocycles. The number of nitrogens with zero attached hydrogens (tertiary/aromatic N) is 2. The summed E-state index contributed by atoms with van der Waals surface area (Å²) in [5.74, 6) is -0.370. The van der Waals surface area contributed by atoms with E-state index in [4.69, 9.17) is 4.74 Å². The van der Waals surface area contributed by atoms with E-state index >= 15 is 0 Å². The Kier molecular flexibility index (Phi) is 10.3. The predicted octanol–water partition coefficient (Wildman–Crippen LogP) is 5.60. The summed E-state index contributed by atoms with van der Waals surface area (Å²) in [4.78, 5) is 28.6. The van der Waals surface area contributed by atoms with Crippen molar-refractivity contribution in [3.63, 3.8) is 0 Å². The zero-order valence-corrected chi connectivity index (χ0v) is 27.0. The monoisotopic (exact) mass is 643 g/mol. The second-order valence-corrected chi connectivity index (χ2v) is 13.8. The highest BCUT2D eigenvalue weighted by atomic mass is 79.9. The average molecular weight is 645 g/mol. The van der Waals surface area contributed by atoms with Crippen LogP contribution in [0.15, 0.2) is 76.1 Å². The highest BCUT2D eigenvalue weighted by Gasteiger charge is 2.33. The molecule has 10 heteroatoms. The fourth-order valence-electron chi connectivity index (χ4n) is 4.12. The number of carbonyl (C=O) groups is 2. The van der Waals surface area contributed by atoms with Gasteiger partial charge in [-0.1, -0.05) is 47.5 Å². The van der Waals surface area contributed by atoms with Crippen LogP contribution in [0.3, 0.4) is 0 Å². The summed E-state index contributed by atoms with van der Waals surface area (Å²) in [6.45, 7) is 10.7. The van der Waals surface area contributed by atoms with Gasteiger partial charge in [0.05, 0.1) is 22.2 Å². The second-order valence-electron chi connectivity index (χ2n) is 11.1. The molecule has 0 spiro atoms. The quantitative estimate of drug-likeness (QED) is 0.310. The molecule has 0 unspecified atom stereocenters. The maximum atomic E-state index is 14.0. The van der Waals surface area contributed by atoms with Gasteiger partial charge in [-0.05, 0) is 93.4 Å². The molecule has 0 aliphatic rings. The molecular weight excluding hydrogens is 606 g/mol. The lowest BCUT2D eigenvalue weighted by Crippen LogP contribution is -2.54. The van der Waals surface area contributed by atoms with Crippen molar-refractivity contribution in [2.24, 2.45) is 0 Å². The number of hydrogen-bond acceptors (Lipinski definition) is 5. The van der Waals surface area contributed by atoms with Gasteiger partial charge in [0.15, 0.2) is 0 Å². The van der Waals surface area contributed by atoms with Crippen molar-refractivity contribution >= 4 is 43.5 Å². The van der Waals surface area contributed by atoms with Crippen LogP contribution in [-0.2, 0) is 26.2 Å². The molecule has 3 aromatic carbocycles. The number of anilines is 1. The van der Waals surface area contributed by atoms with E-state index < -0.39 is 34.1 Å². The number of sulfonamides is 1. The van der Waals surface area contributed by atoms with Gasteiger partial charge in [-0.2, -0.15) is 0 Å². The molecule has 0 aromatic heterocycles. The van der Waals surface area contributed by atoms with E-state index in [2.05, 4.69) is 21.2 Å². The van der Waals surface area contributed by atoms with Gasteiger partial charge in [0.25, 0.3) is 10.0 Å². The molecule has 0 aliphatic carbocycles. The first-order valence-electron chi connectivity index (χ1n) is 13.2. The average Bonchev–Trinajstić information content (AvgIpc) is 2.90. The van der Waals surface area contributed by atoms with Crippen LogP contribution >= 0.6 is 15.9 Å². The highest BCUT2D eigenvalue weighted by molar-refractivity contribution is 9.10. The highest BCUT2D eigenvalue weighted by Crippen LogP contribution is 2.31. The Hall–Kier alpha value is -3.37. The Morgan fingerprint density at radius 1 is 0.951 bits per heavy atom. The third-order valence-corrected chi connectivity index (χ3v) is 8.84. The first-order valence-corrected chi connectivity index (χ1v) is 15.5. The lowest BCUT2D eigenvalue weighted by molar-refractivity contribution is -0.140. The molecule has 3 aromatic rings. The van der Waals surface area contributed by atoms with Crippen molar-refractivity contribution in [2.45, 2.75) is 64.6 Å². The number of benzene rings is 3. The van der Waals surface area contributed by atoms with Crippen molar-refractivity contribution < 1.29 is 22.7 Å². The van der Waals surface area contributed by atoms with Crippen molar-refractivity contribution in [1.29, 1.82) is 0 Å². The summed E-state index contributed by atoms with van der Waals surface area (Å²) >= 11 is 3.36. The number of methoxy groups -OCH3 is 1. The SMILES string of the molecule is COc1ccc(S(=O)(=O)N(CC(=O)N(Cc2ccc(C)cc2)[C@@H](C)C(=O)NC(C)(C)C)c2ccc(C)cc2)cc1Br. The number of nitrogens with one attached hydrogen (secondary N) is 1. The smallest absolute Gasteiger partial charge is 0.264 e. The van der Waals surface area contributed by atoms with Crippen LogP contribution in [0.25, 0.3) is 0 Å². The maximum Gasteiger partial charge on any atom is 0.264 e. The van der Waals surface area contributed by atoms with E-state index in [1.165, 1.54) is 24.1 Å². The fourth-order valence-corrected chi connectivity index (χ4v) is 6.25. The molecule has 0 bridgehead atoms. The summed E-state index contributed by atoms with van der Waals surface area (Å²) in [7, 11) is -2.71. The predicted molar refractivity (Wildman–Crippen MR) is 165 cm³/mol. The number of rotatable bonds is 10. The second kappa shape index (κ2) is 13.1. The lowest BCUT2D eigenvalue weighted by atomic mass is 10.1. The minimum atomic E-state index is -4.20. The number of halogens is 1. The fraction of sp³-hybridized carbons (Fsp3) is 0.355. The molecule has 41 heavy (non-hydrogen) atoms. The van der Waals surface area contributed by atoms with E-state index in [-0.39, 0.29) is 17.3 Å². The number of carbonyl (C=O) groups excluding carboxylic acids is 2. The number of aryl methyl sites for hydroxylation is 2. The van der Waals surface area contributed by atoms with Crippen LogP contribution in [0.4, 0.5) is 5.69 Å². The molecule has 1 N–H and O–H groups in total. The molecule has 0 fully saturated rings. The van der Waals surface area contributed by atoms with Gasteiger partial charge < -0.3 is 15.0 Å². The number of amides is 2. The normalized spacial score (nSPS) is 12.4. The maximum absolute atomic E-state index is 14.0. The third-order valence-electron chi connectivity index (χ3n) is 6.45. The lowest BCUT2D eigenvalue weighted by Gasteiger charge is -2.33. The molecule has 3 rings (SSSR count).